The number of aromatic amines is 2. The molecule has 6 aromatic rings. The Hall–Kier alpha value is -6.30. The van der Waals surface area contributed by atoms with Crippen LogP contribution in [0, 0.1) is 0 Å². The maximum atomic E-state index is 6.55. The molecule has 500 valence electrons. The summed E-state index contributed by atoms with van der Waals surface area (Å²) in [5, 5.41) is 3.64. The SMILES string of the molecule is CCCCCCCCCCCCOC1=CC2c3nc(nc4[nH]c(nc5nc(nc6[nH]c(n3)c3ccc(OCCCCCCCCCCCC)cc63)-c3ccc(OCCCCCCCCCCCC)cc3-5)c3ccc(OCCCCCCCCCCCC)cc43)C2C=C1. The molecule has 1 aliphatic carbocycles. The molecule has 3 aromatic carbocycles. The standard InChI is InChI=1S/C80H116N8O4/c1-5-9-13-17-21-25-29-33-37-41-53-89-61-45-49-65-69(57-61)77-81-73(65)86-78-71-59-63(91-55-43-39-35-31-27-23-19-15-11-7-3)47-51-67(71)75(83-78)88-80-72-60-64(92-56-44-40-36-32-28-24-20-16-12-8-4)48-52-68(72)76(84-80)87-79-70-58-62(46-50-66(70)74(82-79)85-77)90-54-42-38-34-30-26-22-18-14-10-6-2/h45-52,57-60,65,69H,5-44,53-56H2,1-4H3,(H2,81,82,83,84,85,86,87,88). The van der Waals surface area contributed by atoms with Crippen molar-refractivity contribution >= 4 is 44.1 Å². The van der Waals surface area contributed by atoms with Crippen molar-refractivity contribution in [3.8, 4) is 40.0 Å². The average molecular weight is 1250 g/mol. The highest BCUT2D eigenvalue weighted by molar-refractivity contribution is 6.06. The monoisotopic (exact) mass is 1250 g/mol. The van der Waals surface area contributed by atoms with Gasteiger partial charge in [0, 0.05) is 32.7 Å². The molecule has 12 nitrogen and oxygen atoms in total. The molecule has 8 bridgehead atoms. The van der Waals surface area contributed by atoms with Crippen LogP contribution in [0.5, 0.6) is 17.2 Å². The smallest absolute Gasteiger partial charge is 0.164 e. The van der Waals surface area contributed by atoms with Gasteiger partial charge >= 0.3 is 0 Å². The molecular weight excluding hydrogens is 1140 g/mol. The topological polar surface area (TPSA) is 146 Å². The van der Waals surface area contributed by atoms with Crippen molar-refractivity contribution < 1.29 is 18.9 Å². The highest BCUT2D eigenvalue weighted by atomic mass is 16.5. The minimum absolute atomic E-state index is 0.179. The van der Waals surface area contributed by atoms with Crippen molar-refractivity contribution in [3.05, 3.63) is 90.2 Å². The lowest BCUT2D eigenvalue weighted by molar-refractivity contribution is 0.213. The van der Waals surface area contributed by atoms with Crippen molar-refractivity contribution in [3.63, 3.8) is 0 Å². The molecule has 0 amide bonds. The van der Waals surface area contributed by atoms with Gasteiger partial charge in [0.1, 0.15) is 57.2 Å². The van der Waals surface area contributed by atoms with E-state index in [0.29, 0.717) is 72.3 Å². The molecule has 2 unspecified atom stereocenters. The molecule has 0 saturated carbocycles. The van der Waals surface area contributed by atoms with Gasteiger partial charge in [0.15, 0.2) is 11.6 Å². The lowest BCUT2D eigenvalue weighted by Crippen LogP contribution is -2.09. The maximum absolute atomic E-state index is 6.55. The zero-order valence-electron chi connectivity index (χ0n) is 57.5. The molecule has 12 heteroatoms. The number of fused-ring (bicyclic) bond motifs is 20. The van der Waals surface area contributed by atoms with Gasteiger partial charge in [-0.25, -0.2) is 29.9 Å². The summed E-state index contributed by atoms with van der Waals surface area (Å²) in [5.74, 6) is 5.30. The van der Waals surface area contributed by atoms with E-state index in [-0.39, 0.29) is 11.8 Å². The number of rotatable bonds is 48. The summed E-state index contributed by atoms with van der Waals surface area (Å²) in [6.45, 7) is 11.8. The Bertz CT molecular complexity index is 3360. The Morgan fingerprint density at radius 1 is 0.304 bits per heavy atom. The number of nitrogens with zero attached hydrogens (tertiary/aromatic N) is 6. The van der Waals surface area contributed by atoms with Crippen LogP contribution < -0.4 is 14.2 Å². The van der Waals surface area contributed by atoms with Gasteiger partial charge in [-0.1, -0.05) is 265 Å². The van der Waals surface area contributed by atoms with E-state index < -0.39 is 0 Å². The van der Waals surface area contributed by atoms with Crippen LogP contribution in [-0.4, -0.2) is 66.3 Å². The van der Waals surface area contributed by atoms with Crippen LogP contribution in [0.4, 0.5) is 0 Å². The van der Waals surface area contributed by atoms with Crippen LogP contribution in [0.3, 0.4) is 0 Å². The van der Waals surface area contributed by atoms with Gasteiger partial charge in [-0.2, -0.15) is 0 Å². The lowest BCUT2D eigenvalue weighted by atomic mass is 9.89. The fourth-order valence-corrected chi connectivity index (χ4v) is 13.5. The van der Waals surface area contributed by atoms with Gasteiger partial charge in [-0.3, -0.25) is 0 Å². The van der Waals surface area contributed by atoms with Gasteiger partial charge in [-0.05, 0) is 92.4 Å². The molecule has 2 atom stereocenters. The molecule has 2 aliphatic heterocycles. The third kappa shape index (κ3) is 21.9. The van der Waals surface area contributed by atoms with E-state index in [2.05, 4.69) is 110 Å². The summed E-state index contributed by atoms with van der Waals surface area (Å²) in [6, 6.07) is 18.8. The number of nitrogens with one attached hydrogen (secondary N) is 2. The summed E-state index contributed by atoms with van der Waals surface area (Å²) in [6.07, 6.45) is 57.7. The molecule has 0 fully saturated rings. The summed E-state index contributed by atoms with van der Waals surface area (Å²) in [4.78, 5) is 39.9. The molecule has 9 rings (SSSR count). The number of aromatic nitrogens is 8. The number of hydrogen-bond acceptors (Lipinski definition) is 10. The number of allylic oxidation sites excluding steroid dienone is 3. The van der Waals surface area contributed by atoms with E-state index in [1.54, 1.807) is 0 Å². The Labute approximate surface area is 553 Å². The van der Waals surface area contributed by atoms with Gasteiger partial charge in [-0.15, -0.1) is 0 Å². The van der Waals surface area contributed by atoms with Crippen LogP contribution in [0.2, 0.25) is 0 Å². The van der Waals surface area contributed by atoms with Gasteiger partial charge in [0.2, 0.25) is 0 Å². The first kappa shape index (κ1) is 70.0. The Kier molecular flexibility index (Phi) is 30.5. The maximum Gasteiger partial charge on any atom is 0.164 e. The molecular formula is C80H116N8O4. The summed E-state index contributed by atoms with van der Waals surface area (Å²) in [5.41, 5.74) is 4.36. The van der Waals surface area contributed by atoms with Crippen molar-refractivity contribution in [1.82, 2.24) is 39.9 Å². The molecule has 0 saturated heterocycles. The second-order valence-electron chi connectivity index (χ2n) is 26.9. The highest BCUT2D eigenvalue weighted by Crippen LogP contribution is 2.43. The summed E-state index contributed by atoms with van der Waals surface area (Å²) in [7, 11) is 0. The molecule has 92 heavy (non-hydrogen) atoms. The van der Waals surface area contributed by atoms with Gasteiger partial charge in [0.25, 0.3) is 0 Å². The minimum atomic E-state index is -0.214. The largest absolute Gasteiger partial charge is 0.494 e. The zero-order chi connectivity index (χ0) is 63.6. The van der Waals surface area contributed by atoms with E-state index in [1.807, 2.05) is 0 Å². The van der Waals surface area contributed by atoms with Crippen LogP contribution in [0.15, 0.2) is 78.6 Å². The van der Waals surface area contributed by atoms with E-state index in [9.17, 15) is 0 Å². The fraction of sp³-hybridized carbons (Fsp3) is 0.625. The molecule has 0 radical (unpaired) electrons. The quantitative estimate of drug-likeness (QED) is 0.0354. The van der Waals surface area contributed by atoms with Crippen LogP contribution >= 0.6 is 0 Å². The van der Waals surface area contributed by atoms with E-state index in [1.165, 1.54) is 225 Å². The fourth-order valence-electron chi connectivity index (χ4n) is 13.5. The number of ether oxygens (including phenoxy) is 4. The summed E-state index contributed by atoms with van der Waals surface area (Å²) >= 11 is 0. The molecule has 3 aliphatic rings. The Morgan fingerprint density at radius 3 is 1.08 bits per heavy atom. The van der Waals surface area contributed by atoms with E-state index in [4.69, 9.17) is 48.9 Å². The van der Waals surface area contributed by atoms with Gasteiger partial charge in [0.05, 0.1) is 38.3 Å². The number of unbranched alkanes of at least 4 members (excludes halogenated alkanes) is 36. The third-order valence-corrected chi connectivity index (χ3v) is 19.1. The van der Waals surface area contributed by atoms with Gasteiger partial charge < -0.3 is 28.9 Å². The minimum Gasteiger partial charge on any atom is -0.494 e. The highest BCUT2D eigenvalue weighted by Gasteiger charge is 2.35. The molecule has 3 aromatic heterocycles. The summed E-state index contributed by atoms with van der Waals surface area (Å²) < 4.78 is 26.1. The molecule has 5 heterocycles. The van der Waals surface area contributed by atoms with E-state index >= 15 is 0 Å². The van der Waals surface area contributed by atoms with Crippen LogP contribution in [0.1, 0.15) is 308 Å². The molecule has 0 spiro atoms. The van der Waals surface area contributed by atoms with Crippen LogP contribution in [-0.2, 0) is 4.74 Å². The second-order valence-corrected chi connectivity index (χ2v) is 26.9. The number of H-pyrrole nitrogens is 2. The number of hydrogen-bond donors (Lipinski definition) is 2. The Morgan fingerprint density at radius 2 is 0.641 bits per heavy atom. The second kappa shape index (κ2) is 40.1. The predicted molar refractivity (Wildman–Crippen MR) is 384 cm³/mol. The number of benzene rings is 3. The zero-order valence-corrected chi connectivity index (χ0v) is 57.5. The Balaban J connectivity index is 1.03. The first-order valence-corrected chi connectivity index (χ1v) is 37.7. The van der Waals surface area contributed by atoms with Crippen LogP contribution in [0.25, 0.3) is 66.9 Å². The van der Waals surface area contributed by atoms with E-state index in [0.717, 1.165) is 87.8 Å². The average Bonchev–Trinajstić information content (AvgIpc) is 1.61. The molecule has 2 N–H and O–H groups in total. The first-order chi connectivity index (χ1) is 45.5. The van der Waals surface area contributed by atoms with Crippen molar-refractivity contribution in [2.24, 2.45) is 0 Å². The van der Waals surface area contributed by atoms with Crippen molar-refractivity contribution in [1.29, 1.82) is 0 Å². The van der Waals surface area contributed by atoms with Crippen molar-refractivity contribution in [2.75, 3.05) is 26.4 Å². The van der Waals surface area contributed by atoms with Crippen molar-refractivity contribution in [2.45, 2.75) is 296 Å². The lowest BCUT2D eigenvalue weighted by Gasteiger charge is -2.18. The predicted octanol–water partition coefficient (Wildman–Crippen LogP) is 23.7. The third-order valence-electron chi connectivity index (χ3n) is 19.1. The normalized spacial score (nSPS) is 14.3. The first-order valence-electron chi connectivity index (χ1n) is 37.7.